The molecule has 0 radical (unpaired) electrons. The van der Waals surface area contributed by atoms with Crippen molar-refractivity contribution in [2.45, 2.75) is 46.7 Å². The van der Waals surface area contributed by atoms with E-state index in [1.54, 1.807) is 17.0 Å². The number of aromatic nitrogens is 1. The second-order valence-electron chi connectivity index (χ2n) is 9.45. The van der Waals surface area contributed by atoms with Gasteiger partial charge < -0.3 is 14.4 Å². The van der Waals surface area contributed by atoms with Crippen molar-refractivity contribution in [1.29, 1.82) is 0 Å². The minimum atomic E-state index is -0.576. The molecule has 1 aromatic heterocycles. The molecule has 7 heteroatoms. The lowest BCUT2D eigenvalue weighted by molar-refractivity contribution is -0.133. The molecule has 5 nitrogen and oxygen atoms in total. The van der Waals surface area contributed by atoms with Gasteiger partial charge in [0.25, 0.3) is 5.91 Å². The lowest BCUT2D eigenvalue weighted by Gasteiger charge is -2.29. The second kappa shape index (κ2) is 13.3. The first-order valence-electron chi connectivity index (χ1n) is 12.5. The third-order valence-electron chi connectivity index (χ3n) is 6.01. The van der Waals surface area contributed by atoms with E-state index in [9.17, 15) is 14.0 Å². The van der Waals surface area contributed by atoms with Crippen LogP contribution in [0.5, 0.6) is 0 Å². The molecule has 2 aromatic carbocycles. The third-order valence-corrected chi connectivity index (χ3v) is 6.38. The lowest BCUT2D eigenvalue weighted by atomic mass is 10.1. The molecule has 1 heterocycles. The van der Waals surface area contributed by atoms with Crippen LogP contribution in [0.15, 0.2) is 66.9 Å². The fourth-order valence-corrected chi connectivity index (χ4v) is 4.31. The number of carbonyl (C=O) groups excluding carboxylic acids is 2. The molecule has 0 saturated heterocycles. The summed E-state index contributed by atoms with van der Waals surface area (Å²) in [6.07, 6.45) is 3.57. The maximum absolute atomic E-state index is 14.3. The quantitative estimate of drug-likeness (QED) is 0.288. The average Bonchev–Trinajstić information content (AvgIpc) is 3.28. The van der Waals surface area contributed by atoms with Gasteiger partial charge in [-0.1, -0.05) is 69.1 Å². The van der Waals surface area contributed by atoms with E-state index in [0.29, 0.717) is 31.2 Å². The van der Waals surface area contributed by atoms with Gasteiger partial charge in [0.2, 0.25) is 5.91 Å². The molecule has 0 spiro atoms. The lowest BCUT2D eigenvalue weighted by Crippen LogP contribution is -2.44. The summed E-state index contributed by atoms with van der Waals surface area (Å²) in [6, 6.07) is 17.6. The van der Waals surface area contributed by atoms with Crippen LogP contribution in [0, 0.1) is 11.7 Å². The maximum Gasteiger partial charge on any atom is 0.257 e. The molecule has 0 bridgehead atoms. The molecule has 0 aliphatic carbocycles. The summed E-state index contributed by atoms with van der Waals surface area (Å²) in [4.78, 5) is 29.9. The summed E-state index contributed by atoms with van der Waals surface area (Å²) in [5.74, 6) is -0.948. The normalized spacial score (nSPS) is 11.1. The van der Waals surface area contributed by atoms with Crippen molar-refractivity contribution in [2.75, 3.05) is 19.6 Å². The Kier molecular flexibility index (Phi) is 10.1. The summed E-state index contributed by atoms with van der Waals surface area (Å²) in [7, 11) is 0. The zero-order valence-electron chi connectivity index (χ0n) is 21.3. The zero-order chi connectivity index (χ0) is 26.1. The first-order chi connectivity index (χ1) is 17.3. The molecule has 0 aliphatic rings. The van der Waals surface area contributed by atoms with Crippen LogP contribution in [0.3, 0.4) is 0 Å². The van der Waals surface area contributed by atoms with Crippen molar-refractivity contribution in [3.05, 3.63) is 94.5 Å². The van der Waals surface area contributed by atoms with Crippen molar-refractivity contribution >= 4 is 23.4 Å². The Morgan fingerprint density at radius 2 is 1.72 bits per heavy atom. The van der Waals surface area contributed by atoms with Crippen molar-refractivity contribution in [2.24, 2.45) is 5.92 Å². The molecule has 0 fully saturated rings. The fraction of sp³-hybridized carbons (Fsp3) is 0.379. The molecule has 3 rings (SSSR count). The largest absolute Gasteiger partial charge is 0.345 e. The monoisotopic (exact) mass is 511 g/mol. The highest BCUT2D eigenvalue weighted by Gasteiger charge is 2.25. The topological polar surface area (TPSA) is 45.6 Å². The van der Waals surface area contributed by atoms with Gasteiger partial charge in [-0.3, -0.25) is 9.59 Å². The molecule has 0 saturated carbocycles. The number of halogens is 2. The summed E-state index contributed by atoms with van der Waals surface area (Å²) >= 11 is 6.37. The highest BCUT2D eigenvalue weighted by atomic mass is 35.5. The van der Waals surface area contributed by atoms with E-state index in [2.05, 4.69) is 18.4 Å². The Labute approximate surface area is 218 Å². The van der Waals surface area contributed by atoms with E-state index in [4.69, 9.17) is 11.6 Å². The molecule has 2 amide bonds. The van der Waals surface area contributed by atoms with E-state index in [-0.39, 0.29) is 23.9 Å². The van der Waals surface area contributed by atoms with E-state index in [1.807, 2.05) is 49.5 Å². The van der Waals surface area contributed by atoms with Crippen molar-refractivity contribution < 1.29 is 14.0 Å². The van der Waals surface area contributed by atoms with E-state index in [0.717, 1.165) is 24.1 Å². The van der Waals surface area contributed by atoms with Crippen LogP contribution in [0.4, 0.5) is 4.39 Å². The van der Waals surface area contributed by atoms with Crippen LogP contribution >= 0.6 is 11.6 Å². The summed E-state index contributed by atoms with van der Waals surface area (Å²) in [5, 5.41) is 0.700. The Balaban J connectivity index is 1.79. The van der Waals surface area contributed by atoms with Gasteiger partial charge in [0.1, 0.15) is 12.4 Å². The first-order valence-corrected chi connectivity index (χ1v) is 12.9. The highest BCUT2D eigenvalue weighted by Crippen LogP contribution is 2.19. The zero-order valence-corrected chi connectivity index (χ0v) is 22.0. The van der Waals surface area contributed by atoms with Gasteiger partial charge in [-0.05, 0) is 48.2 Å². The fourth-order valence-electron chi connectivity index (χ4n) is 4.12. The Morgan fingerprint density at radius 3 is 2.42 bits per heavy atom. The second-order valence-corrected chi connectivity index (χ2v) is 9.85. The predicted molar refractivity (Wildman–Crippen MR) is 142 cm³/mol. The van der Waals surface area contributed by atoms with Crippen molar-refractivity contribution in [3.8, 4) is 0 Å². The van der Waals surface area contributed by atoms with E-state index >= 15 is 0 Å². The SMILES string of the molecule is CCCCN(CC(=O)N(Cc1cccn1Cc1ccccc1Cl)CC(C)C)C(=O)c1ccccc1F. The number of hydrogen-bond acceptors (Lipinski definition) is 2. The van der Waals surface area contributed by atoms with Crippen LogP contribution in [-0.4, -0.2) is 45.8 Å². The minimum Gasteiger partial charge on any atom is -0.345 e. The van der Waals surface area contributed by atoms with Gasteiger partial charge in [0.15, 0.2) is 0 Å². The Morgan fingerprint density at radius 1 is 1.00 bits per heavy atom. The first kappa shape index (κ1) is 27.5. The average molecular weight is 512 g/mol. The molecular weight excluding hydrogens is 477 g/mol. The highest BCUT2D eigenvalue weighted by molar-refractivity contribution is 6.31. The van der Waals surface area contributed by atoms with E-state index < -0.39 is 11.7 Å². The summed E-state index contributed by atoms with van der Waals surface area (Å²) < 4.78 is 16.4. The number of carbonyl (C=O) groups is 2. The summed E-state index contributed by atoms with van der Waals surface area (Å²) in [5.41, 5.74) is 1.97. The Hall–Kier alpha value is -3.12. The standard InChI is InChI=1S/C29H35ClFN3O2/c1-4-5-16-33(29(36)25-13-7-9-15-27(25)31)21-28(35)34(18-22(2)3)20-24-12-10-17-32(24)19-23-11-6-8-14-26(23)30/h6-15,17,22H,4-5,16,18-21H2,1-3H3. The maximum atomic E-state index is 14.3. The number of hydrogen-bond donors (Lipinski definition) is 0. The number of unbranched alkanes of at least 4 members (excludes halogenated alkanes) is 1. The molecule has 36 heavy (non-hydrogen) atoms. The molecule has 0 unspecified atom stereocenters. The van der Waals surface area contributed by atoms with E-state index in [1.165, 1.54) is 17.0 Å². The molecule has 0 aliphatic heterocycles. The molecular formula is C29H35ClFN3O2. The van der Waals surface area contributed by atoms with Crippen LogP contribution in [0.2, 0.25) is 5.02 Å². The summed E-state index contributed by atoms with van der Waals surface area (Å²) in [6.45, 7) is 7.99. The van der Waals surface area contributed by atoms with Crippen LogP contribution in [0.25, 0.3) is 0 Å². The third kappa shape index (κ3) is 7.44. The predicted octanol–water partition coefficient (Wildman–Crippen LogP) is 6.26. The van der Waals surface area contributed by atoms with Gasteiger partial charge in [-0.2, -0.15) is 0 Å². The van der Waals surface area contributed by atoms with Crippen molar-refractivity contribution in [3.63, 3.8) is 0 Å². The van der Waals surface area contributed by atoms with Crippen LogP contribution < -0.4 is 0 Å². The molecule has 3 aromatic rings. The Bertz CT molecular complexity index is 1160. The van der Waals surface area contributed by atoms with Crippen LogP contribution in [0.1, 0.15) is 55.2 Å². The van der Waals surface area contributed by atoms with Gasteiger partial charge in [-0.25, -0.2) is 4.39 Å². The van der Waals surface area contributed by atoms with Crippen LogP contribution in [-0.2, 0) is 17.9 Å². The smallest absolute Gasteiger partial charge is 0.257 e. The molecule has 0 N–H and O–H groups in total. The molecule has 0 atom stereocenters. The number of amides is 2. The number of nitrogens with zero attached hydrogens (tertiary/aromatic N) is 3. The molecule has 192 valence electrons. The number of rotatable bonds is 12. The van der Waals surface area contributed by atoms with Gasteiger partial charge >= 0.3 is 0 Å². The van der Waals surface area contributed by atoms with Gasteiger partial charge in [0.05, 0.1) is 12.1 Å². The van der Waals surface area contributed by atoms with Crippen molar-refractivity contribution in [1.82, 2.24) is 14.4 Å². The van der Waals surface area contributed by atoms with Gasteiger partial charge in [0, 0.05) is 36.5 Å². The van der Waals surface area contributed by atoms with Gasteiger partial charge in [-0.15, -0.1) is 0 Å². The number of benzene rings is 2. The minimum absolute atomic E-state index is 0.00886.